The first-order valence-corrected chi connectivity index (χ1v) is 9.63. The number of imide groups is 1. The van der Waals surface area contributed by atoms with Gasteiger partial charge in [0.2, 0.25) is 11.8 Å². The van der Waals surface area contributed by atoms with Crippen LogP contribution in [0.1, 0.15) is 12.8 Å². The molecule has 0 spiro atoms. The van der Waals surface area contributed by atoms with Crippen molar-refractivity contribution in [2.75, 3.05) is 24.0 Å². The van der Waals surface area contributed by atoms with Crippen LogP contribution in [0.5, 0.6) is 0 Å². The second kappa shape index (κ2) is 14.9. The number of nitrogens with two attached hydrogens (primary N) is 4. The van der Waals surface area contributed by atoms with Crippen LogP contribution in [0.3, 0.4) is 0 Å². The third-order valence-electron chi connectivity index (χ3n) is 2.49. The van der Waals surface area contributed by atoms with E-state index in [4.69, 9.17) is 22.9 Å². The second-order valence-electron chi connectivity index (χ2n) is 4.49. The maximum absolute atomic E-state index is 10.9. The molecular weight excluding hydrogens is 356 g/mol. The van der Waals surface area contributed by atoms with Crippen LogP contribution in [0.2, 0.25) is 0 Å². The largest absolute Gasteiger partial charge is 0.368 e. The molecule has 0 aliphatic heterocycles. The molecule has 10 N–H and O–H groups in total. The third-order valence-corrected chi connectivity index (χ3v) is 3.77. The minimum Gasteiger partial charge on any atom is -0.368 e. The molecule has 0 aliphatic carbocycles. The molecular formula is C12H26N6O4S2. The topological polar surface area (TPSA) is 196 Å². The number of rotatable bonds is 9. The molecule has 6 amide bonds. The van der Waals surface area contributed by atoms with Gasteiger partial charge in [0.05, 0.1) is 6.04 Å². The Labute approximate surface area is 149 Å². The van der Waals surface area contributed by atoms with E-state index in [1.54, 1.807) is 23.5 Å². The molecule has 1 unspecified atom stereocenters. The van der Waals surface area contributed by atoms with Gasteiger partial charge in [-0.1, -0.05) is 0 Å². The van der Waals surface area contributed by atoms with Gasteiger partial charge >= 0.3 is 12.1 Å². The van der Waals surface area contributed by atoms with Crippen LogP contribution >= 0.6 is 23.5 Å². The number of hydrogen-bond donors (Lipinski definition) is 6. The van der Waals surface area contributed by atoms with E-state index in [0.29, 0.717) is 12.8 Å². The summed E-state index contributed by atoms with van der Waals surface area (Å²) in [5, 5.41) is 4.18. The van der Waals surface area contributed by atoms with Crippen molar-refractivity contribution in [2.45, 2.75) is 24.9 Å². The molecule has 24 heavy (non-hydrogen) atoms. The number of nitrogens with one attached hydrogen (secondary N) is 2. The number of urea groups is 2. The zero-order valence-electron chi connectivity index (χ0n) is 13.7. The number of primary amides is 3. The highest BCUT2D eigenvalue weighted by Crippen LogP contribution is 1.99. The fourth-order valence-electron chi connectivity index (χ4n) is 1.28. The van der Waals surface area contributed by atoms with Gasteiger partial charge in [0, 0.05) is 0 Å². The van der Waals surface area contributed by atoms with E-state index in [-0.39, 0.29) is 0 Å². The molecule has 0 aromatic carbocycles. The van der Waals surface area contributed by atoms with Gasteiger partial charge in [0.25, 0.3) is 0 Å². The van der Waals surface area contributed by atoms with Crippen molar-refractivity contribution in [1.82, 2.24) is 10.6 Å². The number of carbonyl (C=O) groups is 4. The van der Waals surface area contributed by atoms with Crippen LogP contribution in [-0.2, 0) is 9.59 Å². The Morgan fingerprint density at radius 2 is 1.42 bits per heavy atom. The fraction of sp³-hybridized carbons (Fsp3) is 0.667. The molecule has 140 valence electrons. The summed E-state index contributed by atoms with van der Waals surface area (Å²) in [7, 11) is 0. The molecule has 0 aromatic heterocycles. The van der Waals surface area contributed by atoms with Crippen LogP contribution in [0.25, 0.3) is 0 Å². The minimum atomic E-state index is -0.861. The highest BCUT2D eigenvalue weighted by molar-refractivity contribution is 7.98. The molecule has 0 aliphatic rings. The maximum Gasteiger partial charge on any atom is 0.318 e. The summed E-state index contributed by atoms with van der Waals surface area (Å²) in [4.78, 5) is 42.2. The van der Waals surface area contributed by atoms with Crippen molar-refractivity contribution >= 4 is 47.4 Å². The molecule has 0 radical (unpaired) electrons. The second-order valence-corrected chi connectivity index (χ2v) is 6.46. The number of carbonyl (C=O) groups excluding carboxylic acids is 4. The van der Waals surface area contributed by atoms with Gasteiger partial charge in [-0.25, -0.2) is 9.59 Å². The van der Waals surface area contributed by atoms with E-state index in [2.05, 4.69) is 5.32 Å². The summed E-state index contributed by atoms with van der Waals surface area (Å²) < 4.78 is 0. The zero-order chi connectivity index (χ0) is 19.1. The summed E-state index contributed by atoms with van der Waals surface area (Å²) in [5.41, 5.74) is 20.0. The Balaban J connectivity index is 0. The van der Waals surface area contributed by atoms with E-state index in [0.717, 1.165) is 11.5 Å². The molecule has 0 fully saturated rings. The minimum absolute atomic E-state index is 0.513. The van der Waals surface area contributed by atoms with Gasteiger partial charge in [-0.05, 0) is 36.9 Å². The van der Waals surface area contributed by atoms with Crippen molar-refractivity contribution in [2.24, 2.45) is 22.9 Å². The molecule has 0 rings (SSSR count). The predicted octanol–water partition coefficient (Wildman–Crippen LogP) is -1.48. The molecule has 0 saturated carbocycles. The van der Waals surface area contributed by atoms with Gasteiger partial charge in [0.15, 0.2) is 0 Å². The van der Waals surface area contributed by atoms with Crippen LogP contribution in [-0.4, -0.2) is 60.0 Å². The van der Waals surface area contributed by atoms with E-state index in [1.165, 1.54) is 0 Å². The standard InChI is InChI=1S/2C6H13N3O2S/c1-12-3-2-4(5(7)10)9-6(8)11;1-12-3-2-4(7)5(10)9-6(8)11/h4H,2-3H2,1H3,(H2,7,10)(H3,8,9,11);4H,2-3,7H2,1H3,(H3,8,9,10,11)/t;4-/m.0/s1. The Morgan fingerprint density at radius 1 is 0.917 bits per heavy atom. The van der Waals surface area contributed by atoms with E-state index >= 15 is 0 Å². The summed E-state index contributed by atoms with van der Waals surface area (Å²) in [5.74, 6) is 0.473. The number of amides is 6. The first-order valence-electron chi connectivity index (χ1n) is 6.84. The summed E-state index contributed by atoms with van der Waals surface area (Å²) in [6, 6.07) is -2.88. The first-order chi connectivity index (χ1) is 11.1. The lowest BCUT2D eigenvalue weighted by atomic mass is 10.2. The Kier molecular flexibility index (Phi) is 15.3. The maximum atomic E-state index is 10.9. The van der Waals surface area contributed by atoms with E-state index in [9.17, 15) is 19.2 Å². The third kappa shape index (κ3) is 15.2. The van der Waals surface area contributed by atoms with Crippen molar-refractivity contribution in [3.8, 4) is 0 Å². The van der Waals surface area contributed by atoms with E-state index in [1.807, 2.05) is 17.8 Å². The molecule has 2 atom stereocenters. The monoisotopic (exact) mass is 382 g/mol. The average Bonchev–Trinajstić information content (AvgIpc) is 2.48. The Hall–Kier alpha value is -1.66. The fourth-order valence-corrected chi connectivity index (χ4v) is 2.24. The van der Waals surface area contributed by atoms with Crippen LogP contribution in [0.4, 0.5) is 9.59 Å². The quantitative estimate of drug-likeness (QED) is 0.279. The normalized spacial score (nSPS) is 12.1. The van der Waals surface area contributed by atoms with Gasteiger partial charge < -0.3 is 28.3 Å². The van der Waals surface area contributed by atoms with Gasteiger partial charge in [0.1, 0.15) is 6.04 Å². The molecule has 12 heteroatoms. The van der Waals surface area contributed by atoms with E-state index < -0.39 is 36.0 Å². The number of hydrogen-bond acceptors (Lipinski definition) is 7. The zero-order valence-corrected chi connectivity index (χ0v) is 15.4. The first kappa shape index (κ1) is 24.6. The SMILES string of the molecule is CSCCC(NC(N)=O)C(N)=O.CSCC[C@H](N)C(=O)NC(N)=O. The van der Waals surface area contributed by atoms with Gasteiger partial charge in [-0.15, -0.1) is 0 Å². The van der Waals surface area contributed by atoms with Crippen LogP contribution < -0.4 is 33.6 Å². The molecule has 0 bridgehead atoms. The molecule has 0 aromatic rings. The lowest BCUT2D eigenvalue weighted by molar-refractivity contribution is -0.121. The lowest BCUT2D eigenvalue weighted by Crippen LogP contribution is -2.46. The van der Waals surface area contributed by atoms with Crippen molar-refractivity contribution in [3.05, 3.63) is 0 Å². The Morgan fingerprint density at radius 3 is 1.79 bits per heavy atom. The molecule has 10 nitrogen and oxygen atoms in total. The number of thioether (sulfide) groups is 2. The smallest absolute Gasteiger partial charge is 0.318 e. The predicted molar refractivity (Wildman–Crippen MR) is 97.4 cm³/mol. The van der Waals surface area contributed by atoms with Crippen molar-refractivity contribution in [3.63, 3.8) is 0 Å². The summed E-state index contributed by atoms with van der Waals surface area (Å²) in [6.45, 7) is 0. The molecule has 0 heterocycles. The van der Waals surface area contributed by atoms with Crippen LogP contribution in [0, 0.1) is 0 Å². The van der Waals surface area contributed by atoms with Gasteiger partial charge in [-0.2, -0.15) is 23.5 Å². The van der Waals surface area contributed by atoms with Crippen LogP contribution in [0.15, 0.2) is 0 Å². The van der Waals surface area contributed by atoms with Gasteiger partial charge in [-0.3, -0.25) is 14.9 Å². The lowest BCUT2D eigenvalue weighted by Gasteiger charge is -2.12. The molecule has 0 saturated heterocycles. The van der Waals surface area contributed by atoms with Crippen molar-refractivity contribution < 1.29 is 19.2 Å². The Bertz CT molecular complexity index is 424. The average molecular weight is 383 g/mol. The summed E-state index contributed by atoms with van der Waals surface area (Å²) >= 11 is 3.16. The highest BCUT2D eigenvalue weighted by Gasteiger charge is 2.15. The summed E-state index contributed by atoms with van der Waals surface area (Å²) in [6.07, 6.45) is 4.88. The highest BCUT2D eigenvalue weighted by atomic mass is 32.2. The van der Waals surface area contributed by atoms with Crippen molar-refractivity contribution in [1.29, 1.82) is 0 Å².